The van der Waals surface area contributed by atoms with Crippen LogP contribution >= 0.6 is 0 Å². The lowest BCUT2D eigenvalue weighted by atomic mass is 10.2. The standard InChI is InChI=1S/C13H23N3O/c1-2-14-7-5-12-10-16(11-15-12)8-6-13-4-3-9-17-13/h10-11,13-14H,2-9H2,1H3. The number of aryl methyl sites for hydroxylation is 1. The minimum absolute atomic E-state index is 0.475. The molecule has 1 unspecified atom stereocenters. The van der Waals surface area contributed by atoms with E-state index in [1.807, 2.05) is 6.33 Å². The molecule has 96 valence electrons. The van der Waals surface area contributed by atoms with Crippen LogP contribution in [0.2, 0.25) is 0 Å². The van der Waals surface area contributed by atoms with Crippen molar-refractivity contribution in [3.05, 3.63) is 18.2 Å². The summed E-state index contributed by atoms with van der Waals surface area (Å²) < 4.78 is 7.80. The molecule has 1 aromatic heterocycles. The highest BCUT2D eigenvalue weighted by molar-refractivity contribution is 4.97. The third-order valence-corrected chi connectivity index (χ3v) is 3.23. The fourth-order valence-corrected chi connectivity index (χ4v) is 2.22. The Hall–Kier alpha value is -0.870. The maximum atomic E-state index is 5.62. The van der Waals surface area contributed by atoms with Crippen LogP contribution in [0.5, 0.6) is 0 Å². The molecule has 1 saturated heterocycles. The van der Waals surface area contributed by atoms with E-state index in [-0.39, 0.29) is 0 Å². The van der Waals surface area contributed by atoms with Crippen molar-refractivity contribution in [2.75, 3.05) is 19.7 Å². The monoisotopic (exact) mass is 237 g/mol. The fourth-order valence-electron chi connectivity index (χ4n) is 2.22. The molecule has 1 fully saturated rings. The molecule has 1 aliphatic rings. The minimum atomic E-state index is 0.475. The highest BCUT2D eigenvalue weighted by Crippen LogP contribution is 2.16. The third kappa shape index (κ3) is 4.13. The first-order chi connectivity index (χ1) is 8.38. The van der Waals surface area contributed by atoms with E-state index in [0.29, 0.717) is 6.10 Å². The van der Waals surface area contributed by atoms with Gasteiger partial charge in [0.1, 0.15) is 0 Å². The van der Waals surface area contributed by atoms with E-state index in [1.54, 1.807) is 0 Å². The van der Waals surface area contributed by atoms with E-state index >= 15 is 0 Å². The minimum Gasteiger partial charge on any atom is -0.378 e. The van der Waals surface area contributed by atoms with Crippen LogP contribution in [0.1, 0.15) is 31.9 Å². The molecule has 0 amide bonds. The molecule has 2 rings (SSSR count). The average Bonchev–Trinajstić information content (AvgIpc) is 2.98. The Bertz CT molecular complexity index is 318. The summed E-state index contributed by atoms with van der Waals surface area (Å²) in [6.07, 6.45) is 9.15. The van der Waals surface area contributed by atoms with E-state index in [4.69, 9.17) is 4.74 Å². The maximum Gasteiger partial charge on any atom is 0.0949 e. The Kier molecular flexibility index (Phi) is 5.01. The van der Waals surface area contributed by atoms with Crippen LogP contribution in [0.15, 0.2) is 12.5 Å². The first kappa shape index (κ1) is 12.6. The van der Waals surface area contributed by atoms with Crippen LogP contribution in [0.3, 0.4) is 0 Å². The molecular weight excluding hydrogens is 214 g/mol. The van der Waals surface area contributed by atoms with E-state index in [1.165, 1.54) is 18.5 Å². The quantitative estimate of drug-likeness (QED) is 0.732. The van der Waals surface area contributed by atoms with Gasteiger partial charge in [-0.3, -0.25) is 0 Å². The summed E-state index contributed by atoms with van der Waals surface area (Å²) in [5.74, 6) is 0. The summed E-state index contributed by atoms with van der Waals surface area (Å²) in [6.45, 7) is 6.14. The topological polar surface area (TPSA) is 39.1 Å². The molecule has 1 atom stereocenters. The summed E-state index contributed by atoms with van der Waals surface area (Å²) >= 11 is 0. The van der Waals surface area contributed by atoms with Gasteiger partial charge in [-0.1, -0.05) is 6.92 Å². The van der Waals surface area contributed by atoms with Crippen molar-refractivity contribution in [1.82, 2.24) is 14.9 Å². The lowest BCUT2D eigenvalue weighted by molar-refractivity contribution is 0.100. The Labute approximate surface area is 103 Å². The van der Waals surface area contributed by atoms with E-state index in [9.17, 15) is 0 Å². The number of imidazole rings is 1. The number of hydrogen-bond acceptors (Lipinski definition) is 3. The van der Waals surface area contributed by atoms with Crippen LogP contribution in [-0.2, 0) is 17.7 Å². The number of likely N-dealkylation sites (N-methyl/N-ethyl adjacent to an activating group) is 1. The van der Waals surface area contributed by atoms with Crippen LogP contribution in [0, 0.1) is 0 Å². The second kappa shape index (κ2) is 6.77. The van der Waals surface area contributed by atoms with Crippen molar-refractivity contribution >= 4 is 0 Å². The molecule has 0 radical (unpaired) electrons. The van der Waals surface area contributed by atoms with Crippen molar-refractivity contribution < 1.29 is 4.74 Å². The van der Waals surface area contributed by atoms with Gasteiger partial charge in [-0.2, -0.15) is 0 Å². The molecule has 0 spiro atoms. The molecule has 0 aliphatic carbocycles. The molecule has 4 heteroatoms. The highest BCUT2D eigenvalue weighted by Gasteiger charge is 2.14. The number of ether oxygens (including phenoxy) is 1. The number of nitrogens with one attached hydrogen (secondary N) is 1. The predicted molar refractivity (Wildman–Crippen MR) is 68.1 cm³/mol. The third-order valence-electron chi connectivity index (χ3n) is 3.23. The van der Waals surface area contributed by atoms with Gasteiger partial charge >= 0.3 is 0 Å². The molecule has 1 aliphatic heterocycles. The highest BCUT2D eigenvalue weighted by atomic mass is 16.5. The fraction of sp³-hybridized carbons (Fsp3) is 0.769. The molecular formula is C13H23N3O. The summed E-state index contributed by atoms with van der Waals surface area (Å²) in [5.41, 5.74) is 1.18. The van der Waals surface area contributed by atoms with Crippen LogP contribution in [0.4, 0.5) is 0 Å². The van der Waals surface area contributed by atoms with Crippen LogP contribution in [-0.4, -0.2) is 35.4 Å². The van der Waals surface area contributed by atoms with E-state index < -0.39 is 0 Å². The molecule has 0 saturated carbocycles. The summed E-state index contributed by atoms with van der Waals surface area (Å²) in [4.78, 5) is 4.42. The van der Waals surface area contributed by atoms with Crippen LogP contribution in [0.25, 0.3) is 0 Å². The zero-order valence-corrected chi connectivity index (χ0v) is 10.7. The second-order valence-electron chi connectivity index (χ2n) is 4.63. The number of nitrogens with zero attached hydrogens (tertiary/aromatic N) is 2. The summed E-state index contributed by atoms with van der Waals surface area (Å²) in [5, 5.41) is 3.31. The zero-order valence-electron chi connectivity index (χ0n) is 10.7. The molecule has 0 aromatic carbocycles. The Morgan fingerprint density at radius 3 is 3.29 bits per heavy atom. The molecule has 17 heavy (non-hydrogen) atoms. The van der Waals surface area contributed by atoms with Gasteiger partial charge in [0.05, 0.1) is 18.1 Å². The summed E-state index contributed by atoms with van der Waals surface area (Å²) in [7, 11) is 0. The van der Waals surface area contributed by atoms with Crippen LogP contribution < -0.4 is 5.32 Å². The van der Waals surface area contributed by atoms with E-state index in [2.05, 4.69) is 28.0 Å². The SMILES string of the molecule is CCNCCc1cn(CCC2CCCO2)cn1. The Morgan fingerprint density at radius 1 is 1.59 bits per heavy atom. The lowest BCUT2D eigenvalue weighted by Gasteiger charge is -2.08. The van der Waals surface area contributed by atoms with Gasteiger partial charge < -0.3 is 14.6 Å². The van der Waals surface area contributed by atoms with Gasteiger partial charge in [-0.05, 0) is 25.8 Å². The first-order valence-corrected chi connectivity index (χ1v) is 6.71. The van der Waals surface area contributed by atoms with Crippen molar-refractivity contribution in [2.24, 2.45) is 0 Å². The molecule has 1 N–H and O–H groups in total. The Balaban J connectivity index is 1.69. The zero-order chi connectivity index (χ0) is 11.9. The smallest absolute Gasteiger partial charge is 0.0949 e. The average molecular weight is 237 g/mol. The largest absolute Gasteiger partial charge is 0.378 e. The normalized spacial score (nSPS) is 19.9. The van der Waals surface area contributed by atoms with Gasteiger partial charge in [-0.15, -0.1) is 0 Å². The lowest BCUT2D eigenvalue weighted by Crippen LogP contribution is -2.16. The summed E-state index contributed by atoms with van der Waals surface area (Å²) in [6, 6.07) is 0. The predicted octanol–water partition coefficient (Wildman–Crippen LogP) is 1.60. The van der Waals surface area contributed by atoms with Crippen molar-refractivity contribution in [3.8, 4) is 0 Å². The van der Waals surface area contributed by atoms with Gasteiger partial charge in [0.25, 0.3) is 0 Å². The number of hydrogen-bond donors (Lipinski definition) is 1. The van der Waals surface area contributed by atoms with Gasteiger partial charge in [0.15, 0.2) is 0 Å². The molecule has 0 bridgehead atoms. The van der Waals surface area contributed by atoms with Gasteiger partial charge in [-0.25, -0.2) is 4.98 Å². The van der Waals surface area contributed by atoms with Crippen molar-refractivity contribution in [3.63, 3.8) is 0 Å². The van der Waals surface area contributed by atoms with Crippen molar-refractivity contribution in [2.45, 2.75) is 45.3 Å². The number of rotatable bonds is 7. The van der Waals surface area contributed by atoms with Crippen molar-refractivity contribution in [1.29, 1.82) is 0 Å². The second-order valence-corrected chi connectivity index (χ2v) is 4.63. The molecule has 2 heterocycles. The van der Waals surface area contributed by atoms with E-state index in [0.717, 1.165) is 39.1 Å². The number of aromatic nitrogens is 2. The molecule has 1 aromatic rings. The maximum absolute atomic E-state index is 5.62. The molecule has 4 nitrogen and oxygen atoms in total. The first-order valence-electron chi connectivity index (χ1n) is 6.71. The van der Waals surface area contributed by atoms with Gasteiger partial charge in [0, 0.05) is 32.3 Å². The Morgan fingerprint density at radius 2 is 2.53 bits per heavy atom. The van der Waals surface area contributed by atoms with Gasteiger partial charge in [0.2, 0.25) is 0 Å².